The summed E-state index contributed by atoms with van der Waals surface area (Å²) in [5.41, 5.74) is 4.82. The third-order valence-electron chi connectivity index (χ3n) is 10.8. The lowest BCUT2D eigenvalue weighted by Gasteiger charge is -2.50. The van der Waals surface area contributed by atoms with Gasteiger partial charge in [0.15, 0.2) is 0 Å². The van der Waals surface area contributed by atoms with Gasteiger partial charge >= 0.3 is 0 Å². The molecular formula is C38H39N3O7. The molecule has 3 aromatic rings. The van der Waals surface area contributed by atoms with Crippen LogP contribution in [0.5, 0.6) is 17.2 Å². The van der Waals surface area contributed by atoms with Crippen molar-refractivity contribution in [2.75, 3.05) is 26.2 Å². The Morgan fingerprint density at radius 1 is 0.917 bits per heavy atom. The summed E-state index contributed by atoms with van der Waals surface area (Å²) in [6.45, 7) is 4.20. The van der Waals surface area contributed by atoms with E-state index in [-0.39, 0.29) is 29.7 Å². The molecule has 7 rings (SSSR count). The van der Waals surface area contributed by atoms with Gasteiger partial charge in [-0.1, -0.05) is 66.6 Å². The molecule has 2 saturated heterocycles. The zero-order valence-corrected chi connectivity index (χ0v) is 27.4. The average molecular weight is 650 g/mol. The second kappa shape index (κ2) is 11.8. The van der Waals surface area contributed by atoms with E-state index in [0.29, 0.717) is 42.0 Å². The van der Waals surface area contributed by atoms with Crippen LogP contribution in [-0.4, -0.2) is 59.4 Å². The predicted molar refractivity (Wildman–Crippen MR) is 177 cm³/mol. The fourth-order valence-corrected chi connectivity index (χ4v) is 8.73. The van der Waals surface area contributed by atoms with Gasteiger partial charge in [-0.25, -0.2) is 0 Å². The van der Waals surface area contributed by atoms with Gasteiger partial charge in [-0.2, -0.15) is 5.01 Å². The van der Waals surface area contributed by atoms with E-state index >= 15 is 4.79 Å². The predicted octanol–water partition coefficient (Wildman–Crippen LogP) is 5.11. The molecule has 48 heavy (non-hydrogen) atoms. The number of fused-ring (bicyclic) bond motifs is 4. The number of allylic oxidation sites excluding steroid dienone is 2. The zero-order valence-electron chi connectivity index (χ0n) is 27.4. The van der Waals surface area contributed by atoms with Gasteiger partial charge in [0.25, 0.3) is 11.8 Å². The number of phenols is 1. The number of methoxy groups -OCH3 is 2. The second-order valence-electron chi connectivity index (χ2n) is 13.2. The third-order valence-corrected chi connectivity index (χ3v) is 10.8. The quantitative estimate of drug-likeness (QED) is 0.255. The number of anilines is 1. The Balaban J connectivity index is 1.49. The van der Waals surface area contributed by atoms with Crippen LogP contribution in [0.15, 0.2) is 78.4 Å². The molecule has 1 saturated carbocycles. The summed E-state index contributed by atoms with van der Waals surface area (Å²) in [5, 5.41) is 12.9. The van der Waals surface area contributed by atoms with Gasteiger partial charge in [-0.15, -0.1) is 0 Å². The zero-order chi connectivity index (χ0) is 33.9. The third kappa shape index (κ3) is 4.45. The molecule has 248 valence electrons. The monoisotopic (exact) mass is 649 g/mol. The van der Waals surface area contributed by atoms with E-state index in [1.165, 1.54) is 25.2 Å². The summed E-state index contributed by atoms with van der Waals surface area (Å²) in [7, 11) is 2.96. The van der Waals surface area contributed by atoms with Crippen molar-refractivity contribution in [2.45, 2.75) is 44.4 Å². The van der Waals surface area contributed by atoms with Crippen molar-refractivity contribution in [3.05, 3.63) is 95.1 Å². The van der Waals surface area contributed by atoms with E-state index in [0.717, 1.165) is 16.1 Å². The first-order valence-corrected chi connectivity index (χ1v) is 16.4. The van der Waals surface area contributed by atoms with Crippen LogP contribution >= 0.6 is 0 Å². The summed E-state index contributed by atoms with van der Waals surface area (Å²) in [4.78, 5) is 59.0. The minimum absolute atomic E-state index is 0.166. The standard InChI is InChI=1S/C38H39N3O7/c1-5-17-40-34(43)26-16-15-25-27(31(26)36(40)45)20-28-35(44)41(39-23-13-11-21(2)12-14-23)37(46)38(28,22-9-7-6-8-10-22)33(25)32-29(42)18-24(47-3)19-30(32)48-4/h6-15,18-19,26-28,31,33,39,42H,5,16-17,20H2,1-4H3/t26-,27+,28-,31-,33+,38+/m0/s1. The Bertz CT molecular complexity index is 1840. The van der Waals surface area contributed by atoms with E-state index in [4.69, 9.17) is 9.47 Å². The molecule has 2 N–H and O–H groups in total. The lowest BCUT2D eigenvalue weighted by atomic mass is 9.49. The number of nitrogens with zero attached hydrogens (tertiary/aromatic N) is 2. The topological polar surface area (TPSA) is 125 Å². The number of carbonyl (C=O) groups excluding carboxylic acids is 4. The number of aryl methyl sites for hydroxylation is 1. The lowest BCUT2D eigenvalue weighted by molar-refractivity contribution is -0.141. The van der Waals surface area contributed by atoms with Gasteiger partial charge in [-0.05, 0) is 49.8 Å². The van der Waals surface area contributed by atoms with Gasteiger partial charge in [0.05, 0.1) is 43.1 Å². The number of aromatic hydroxyl groups is 1. The highest BCUT2D eigenvalue weighted by Crippen LogP contribution is 2.66. The maximum Gasteiger partial charge on any atom is 0.260 e. The number of phenolic OH excluding ortho intramolecular Hbond substituents is 1. The molecule has 0 bridgehead atoms. The molecule has 10 nitrogen and oxygen atoms in total. The van der Waals surface area contributed by atoms with Crippen LogP contribution in [0.3, 0.4) is 0 Å². The Morgan fingerprint density at radius 2 is 1.65 bits per heavy atom. The molecule has 2 aliphatic carbocycles. The summed E-state index contributed by atoms with van der Waals surface area (Å²) in [6, 6.07) is 19.7. The number of imide groups is 2. The number of hydrogen-bond acceptors (Lipinski definition) is 8. The molecule has 3 aromatic carbocycles. The Labute approximate surface area is 279 Å². The summed E-state index contributed by atoms with van der Waals surface area (Å²) in [6.07, 6.45) is 3.08. The maximum atomic E-state index is 15.3. The molecule has 4 aliphatic rings. The summed E-state index contributed by atoms with van der Waals surface area (Å²) >= 11 is 0. The van der Waals surface area contributed by atoms with Gasteiger partial charge < -0.3 is 14.6 Å². The number of likely N-dealkylation sites (tertiary alicyclic amines) is 1. The van der Waals surface area contributed by atoms with Gasteiger partial charge in [0.2, 0.25) is 11.8 Å². The van der Waals surface area contributed by atoms with E-state index in [1.54, 1.807) is 18.2 Å². The Kier molecular flexibility index (Phi) is 7.77. The molecule has 2 aliphatic heterocycles. The normalized spacial score (nSPS) is 27.8. The largest absolute Gasteiger partial charge is 0.507 e. The van der Waals surface area contributed by atoms with E-state index in [2.05, 4.69) is 5.43 Å². The molecule has 4 amide bonds. The number of carbonyl (C=O) groups is 4. The number of rotatable bonds is 8. The van der Waals surface area contributed by atoms with Crippen LogP contribution in [-0.2, 0) is 24.6 Å². The van der Waals surface area contributed by atoms with E-state index < -0.39 is 46.8 Å². The van der Waals surface area contributed by atoms with Crippen molar-refractivity contribution < 1.29 is 33.8 Å². The highest BCUT2D eigenvalue weighted by Gasteiger charge is 2.71. The number of hydrazine groups is 1. The van der Waals surface area contributed by atoms with Crippen LogP contribution in [0.2, 0.25) is 0 Å². The number of benzene rings is 3. The molecule has 3 fully saturated rings. The SMILES string of the molecule is CCCN1C(=O)[C@H]2[C@H](CC=C3[C@H]2C[C@H]2C(=O)N(Nc4ccc(C)cc4)C(=O)[C@@]2(c2ccccc2)[C@H]3c2c(O)cc(OC)cc2OC)C1=O. The van der Waals surface area contributed by atoms with E-state index in [1.807, 2.05) is 62.4 Å². The molecule has 0 radical (unpaired) electrons. The lowest BCUT2D eigenvalue weighted by Crippen LogP contribution is -2.53. The minimum Gasteiger partial charge on any atom is -0.507 e. The Hall–Kier alpha value is -5.12. The van der Waals surface area contributed by atoms with E-state index in [9.17, 15) is 19.5 Å². The first-order valence-electron chi connectivity index (χ1n) is 16.4. The first-order chi connectivity index (χ1) is 23.2. The van der Waals surface area contributed by atoms with Gasteiger partial charge in [0.1, 0.15) is 17.2 Å². The maximum absolute atomic E-state index is 15.3. The van der Waals surface area contributed by atoms with Gasteiger partial charge in [-0.3, -0.25) is 29.5 Å². The van der Waals surface area contributed by atoms with Crippen molar-refractivity contribution in [3.8, 4) is 17.2 Å². The highest BCUT2D eigenvalue weighted by molar-refractivity contribution is 6.13. The number of ether oxygens (including phenoxy) is 2. The van der Waals surface area contributed by atoms with Crippen LogP contribution in [0.25, 0.3) is 0 Å². The first kappa shape index (κ1) is 31.5. The summed E-state index contributed by atoms with van der Waals surface area (Å²) < 4.78 is 11.3. The number of amides is 4. The van der Waals surface area contributed by atoms with Gasteiger partial charge in [0, 0.05) is 30.2 Å². The van der Waals surface area contributed by atoms with Crippen molar-refractivity contribution in [3.63, 3.8) is 0 Å². The number of nitrogens with one attached hydrogen (secondary N) is 1. The van der Waals surface area contributed by atoms with Crippen molar-refractivity contribution in [2.24, 2.45) is 23.7 Å². The molecule has 0 unspecified atom stereocenters. The van der Waals surface area contributed by atoms with Crippen LogP contribution in [0.1, 0.15) is 48.8 Å². The van der Waals surface area contributed by atoms with Crippen LogP contribution in [0, 0.1) is 30.6 Å². The van der Waals surface area contributed by atoms with Crippen molar-refractivity contribution in [1.29, 1.82) is 0 Å². The van der Waals surface area contributed by atoms with Crippen LogP contribution < -0.4 is 14.9 Å². The molecule has 6 atom stereocenters. The van der Waals surface area contributed by atoms with Crippen LogP contribution in [0.4, 0.5) is 5.69 Å². The number of hydrogen-bond donors (Lipinski definition) is 2. The fraction of sp³-hybridized carbons (Fsp3) is 0.368. The fourth-order valence-electron chi connectivity index (χ4n) is 8.73. The van der Waals surface area contributed by atoms with Crippen molar-refractivity contribution >= 4 is 29.3 Å². The molecule has 10 heteroatoms. The average Bonchev–Trinajstić information content (AvgIpc) is 3.46. The van der Waals surface area contributed by atoms with Crippen molar-refractivity contribution in [1.82, 2.24) is 9.91 Å². The summed E-state index contributed by atoms with van der Waals surface area (Å²) in [5.74, 6) is -4.52. The molecule has 2 heterocycles. The smallest absolute Gasteiger partial charge is 0.260 e. The molecular weight excluding hydrogens is 610 g/mol. The Morgan fingerprint density at radius 3 is 2.31 bits per heavy atom. The minimum atomic E-state index is -1.53. The molecule has 0 aromatic heterocycles. The molecule has 0 spiro atoms. The highest BCUT2D eigenvalue weighted by atomic mass is 16.5. The second-order valence-corrected chi connectivity index (χ2v) is 13.2.